The fourth-order valence-electron chi connectivity index (χ4n) is 2.48. The quantitative estimate of drug-likeness (QED) is 0.700. The molecule has 0 amide bonds. The van der Waals surface area contributed by atoms with Crippen molar-refractivity contribution in [2.24, 2.45) is 22.6 Å². The maximum atomic E-state index is 5.84. The van der Waals surface area contributed by atoms with Gasteiger partial charge in [-0.05, 0) is 30.3 Å². The molecular weight excluding hydrogens is 194 g/mol. The van der Waals surface area contributed by atoms with Crippen LogP contribution in [0.2, 0.25) is 0 Å². The third-order valence-electron chi connectivity index (χ3n) is 3.33. The molecule has 1 saturated carbocycles. The monoisotopic (exact) mass is 213 g/mol. The molecule has 1 heterocycles. The highest BCUT2D eigenvalue weighted by Gasteiger charge is 2.25. The summed E-state index contributed by atoms with van der Waals surface area (Å²) in [7, 11) is 0. The highest BCUT2D eigenvalue weighted by atomic mass is 32.2. The van der Waals surface area contributed by atoms with Gasteiger partial charge in [0.1, 0.15) is 11.7 Å². The zero-order chi connectivity index (χ0) is 9.80. The Morgan fingerprint density at radius 1 is 1.50 bits per heavy atom. The van der Waals surface area contributed by atoms with Crippen LogP contribution in [0.5, 0.6) is 0 Å². The molecule has 1 aliphatic heterocycles. The number of rotatable bonds is 4. The van der Waals surface area contributed by atoms with E-state index < -0.39 is 0 Å². The van der Waals surface area contributed by atoms with Gasteiger partial charge in [-0.25, -0.2) is 0 Å². The fourth-order valence-corrected chi connectivity index (χ4v) is 3.08. The van der Waals surface area contributed by atoms with E-state index >= 15 is 0 Å². The van der Waals surface area contributed by atoms with E-state index in [0.717, 1.165) is 30.6 Å². The van der Waals surface area contributed by atoms with Gasteiger partial charge >= 0.3 is 0 Å². The molecule has 1 unspecified atom stereocenters. The first-order valence-corrected chi connectivity index (χ1v) is 6.50. The van der Waals surface area contributed by atoms with E-state index in [9.17, 15) is 0 Å². The first kappa shape index (κ1) is 10.3. The highest BCUT2D eigenvalue weighted by molar-refractivity contribution is 7.98. The molecule has 0 aromatic carbocycles. The number of hydrogen-bond donors (Lipinski definition) is 2. The first-order chi connectivity index (χ1) is 6.90. The van der Waals surface area contributed by atoms with Crippen molar-refractivity contribution >= 4 is 17.8 Å². The Balaban J connectivity index is 1.85. The summed E-state index contributed by atoms with van der Waals surface area (Å²) >= 11 is 1.68. The molecule has 3 nitrogen and oxygen atoms in total. The zero-order valence-corrected chi connectivity index (χ0v) is 9.35. The third kappa shape index (κ3) is 2.42. The Labute approximate surface area is 90.1 Å². The second-order valence-electron chi connectivity index (χ2n) is 4.22. The van der Waals surface area contributed by atoms with Gasteiger partial charge in [0.15, 0.2) is 0 Å². The minimum absolute atomic E-state index is 0.655. The minimum atomic E-state index is 0.655. The SMILES string of the molecule is NCC(CC1=NCSN1)C1CCCC1. The maximum Gasteiger partial charge on any atom is 0.108 e. The lowest BCUT2D eigenvalue weighted by atomic mass is 9.88. The minimum Gasteiger partial charge on any atom is -0.330 e. The third-order valence-corrected chi connectivity index (χ3v) is 3.97. The zero-order valence-electron chi connectivity index (χ0n) is 8.54. The molecule has 2 aliphatic rings. The van der Waals surface area contributed by atoms with Gasteiger partial charge in [0.25, 0.3) is 0 Å². The van der Waals surface area contributed by atoms with Gasteiger partial charge in [-0.2, -0.15) is 0 Å². The van der Waals surface area contributed by atoms with Crippen LogP contribution in [0.4, 0.5) is 0 Å². The second kappa shape index (κ2) is 5.03. The molecule has 0 aromatic heterocycles. The van der Waals surface area contributed by atoms with E-state index in [4.69, 9.17) is 5.73 Å². The Bertz CT molecular complexity index is 211. The van der Waals surface area contributed by atoms with Crippen LogP contribution in [0.1, 0.15) is 32.1 Å². The molecule has 3 N–H and O–H groups in total. The Morgan fingerprint density at radius 2 is 2.29 bits per heavy atom. The average molecular weight is 213 g/mol. The predicted molar refractivity (Wildman–Crippen MR) is 62.1 cm³/mol. The summed E-state index contributed by atoms with van der Waals surface area (Å²) in [4.78, 5) is 4.41. The van der Waals surface area contributed by atoms with Crippen molar-refractivity contribution in [1.29, 1.82) is 0 Å². The number of nitrogens with zero attached hydrogens (tertiary/aromatic N) is 1. The highest BCUT2D eigenvalue weighted by Crippen LogP contribution is 2.33. The summed E-state index contributed by atoms with van der Waals surface area (Å²) in [6.45, 7) is 0.816. The summed E-state index contributed by atoms with van der Waals surface area (Å²) in [6, 6.07) is 0. The molecule has 14 heavy (non-hydrogen) atoms. The summed E-state index contributed by atoms with van der Waals surface area (Å²) in [6.07, 6.45) is 6.62. The molecule has 80 valence electrons. The topological polar surface area (TPSA) is 50.4 Å². The standard InChI is InChI=1S/C10H19N3S/c11-6-9(8-3-1-2-4-8)5-10-12-7-14-13-10/h8-9H,1-7,11H2,(H,12,13). The maximum absolute atomic E-state index is 5.84. The van der Waals surface area contributed by atoms with Crippen molar-refractivity contribution in [3.63, 3.8) is 0 Å². The molecule has 0 radical (unpaired) electrons. The van der Waals surface area contributed by atoms with Crippen LogP contribution in [0.25, 0.3) is 0 Å². The average Bonchev–Trinajstić information content (AvgIpc) is 2.86. The van der Waals surface area contributed by atoms with Gasteiger partial charge in [-0.1, -0.05) is 25.7 Å². The van der Waals surface area contributed by atoms with E-state index in [-0.39, 0.29) is 0 Å². The number of aliphatic imine (C=N–C) groups is 1. The van der Waals surface area contributed by atoms with Crippen molar-refractivity contribution in [2.75, 3.05) is 12.4 Å². The van der Waals surface area contributed by atoms with Crippen molar-refractivity contribution in [2.45, 2.75) is 32.1 Å². The van der Waals surface area contributed by atoms with Gasteiger partial charge < -0.3 is 10.5 Å². The molecular formula is C10H19N3S. The normalized spacial score (nSPS) is 24.8. The van der Waals surface area contributed by atoms with Crippen LogP contribution in [0, 0.1) is 11.8 Å². The van der Waals surface area contributed by atoms with Gasteiger partial charge in [-0.3, -0.25) is 4.99 Å². The summed E-state index contributed by atoms with van der Waals surface area (Å²) in [5.74, 6) is 3.55. The molecule has 0 saturated heterocycles. The lowest BCUT2D eigenvalue weighted by Gasteiger charge is -2.21. The van der Waals surface area contributed by atoms with Crippen molar-refractivity contribution in [1.82, 2.24) is 4.72 Å². The molecule has 2 rings (SSSR count). The number of nitrogens with one attached hydrogen (secondary N) is 1. The van der Waals surface area contributed by atoms with Crippen LogP contribution in [0.3, 0.4) is 0 Å². The van der Waals surface area contributed by atoms with E-state index in [1.165, 1.54) is 25.7 Å². The number of hydrogen-bond acceptors (Lipinski definition) is 4. The molecule has 0 bridgehead atoms. The Morgan fingerprint density at radius 3 is 2.86 bits per heavy atom. The molecule has 1 fully saturated rings. The molecule has 1 atom stereocenters. The summed E-state index contributed by atoms with van der Waals surface area (Å²) in [5, 5.41) is 0. The molecule has 0 aromatic rings. The van der Waals surface area contributed by atoms with Crippen LogP contribution < -0.4 is 10.5 Å². The molecule has 4 heteroatoms. The van der Waals surface area contributed by atoms with Gasteiger partial charge in [-0.15, -0.1) is 0 Å². The van der Waals surface area contributed by atoms with E-state index in [1.807, 2.05) is 0 Å². The summed E-state index contributed by atoms with van der Waals surface area (Å²) in [5.41, 5.74) is 5.84. The predicted octanol–water partition coefficient (Wildman–Crippen LogP) is 1.75. The van der Waals surface area contributed by atoms with Crippen LogP contribution in [-0.2, 0) is 0 Å². The summed E-state index contributed by atoms with van der Waals surface area (Å²) < 4.78 is 3.26. The van der Waals surface area contributed by atoms with Crippen molar-refractivity contribution in [3.05, 3.63) is 0 Å². The van der Waals surface area contributed by atoms with E-state index in [1.54, 1.807) is 11.9 Å². The van der Waals surface area contributed by atoms with Crippen LogP contribution >= 0.6 is 11.9 Å². The lowest BCUT2D eigenvalue weighted by Crippen LogP contribution is -2.27. The Kier molecular flexibility index (Phi) is 3.70. The second-order valence-corrected chi connectivity index (χ2v) is 4.98. The van der Waals surface area contributed by atoms with Crippen LogP contribution in [0.15, 0.2) is 4.99 Å². The molecule has 0 spiro atoms. The Hall–Kier alpha value is -0.220. The lowest BCUT2D eigenvalue weighted by molar-refractivity contribution is 0.356. The number of nitrogens with two attached hydrogens (primary N) is 1. The van der Waals surface area contributed by atoms with Gasteiger partial charge in [0.05, 0.1) is 0 Å². The first-order valence-electron chi connectivity index (χ1n) is 5.51. The van der Waals surface area contributed by atoms with E-state index in [0.29, 0.717) is 5.92 Å². The van der Waals surface area contributed by atoms with Crippen LogP contribution in [-0.4, -0.2) is 18.3 Å². The van der Waals surface area contributed by atoms with Gasteiger partial charge in [0.2, 0.25) is 0 Å². The van der Waals surface area contributed by atoms with Gasteiger partial charge in [0, 0.05) is 6.42 Å². The largest absolute Gasteiger partial charge is 0.330 e. The fraction of sp³-hybridized carbons (Fsp3) is 0.900. The number of amidine groups is 1. The molecule has 1 aliphatic carbocycles. The smallest absolute Gasteiger partial charge is 0.108 e. The van der Waals surface area contributed by atoms with Crippen molar-refractivity contribution in [3.8, 4) is 0 Å². The van der Waals surface area contributed by atoms with E-state index in [2.05, 4.69) is 9.71 Å². The van der Waals surface area contributed by atoms with Crippen molar-refractivity contribution < 1.29 is 0 Å².